The smallest absolute Gasteiger partial charge is 0.414 e. The predicted molar refractivity (Wildman–Crippen MR) is 209 cm³/mol. The highest BCUT2D eigenvalue weighted by molar-refractivity contribution is 6.19. The number of methoxy groups -OCH3 is 1. The van der Waals surface area contributed by atoms with Crippen LogP contribution in [0.15, 0.2) is 45.2 Å². The van der Waals surface area contributed by atoms with Crippen LogP contribution in [0.25, 0.3) is 33.1 Å². The van der Waals surface area contributed by atoms with E-state index in [1.165, 1.54) is 11.0 Å². The molecule has 3 aromatic carbocycles. The van der Waals surface area contributed by atoms with E-state index in [1.807, 2.05) is 39.0 Å². The van der Waals surface area contributed by atoms with Gasteiger partial charge in [-0.25, -0.2) is 14.8 Å². The number of phenols is 2. The van der Waals surface area contributed by atoms with Crippen LogP contribution in [0.3, 0.4) is 0 Å². The quantitative estimate of drug-likeness (QED) is 0.105. The highest BCUT2D eigenvalue weighted by Gasteiger charge is 2.39. The molecule has 5 heterocycles. The molecule has 0 saturated heterocycles. The third kappa shape index (κ3) is 7.21. The molecule has 6 aromatic rings. The van der Waals surface area contributed by atoms with Gasteiger partial charge in [-0.1, -0.05) is 0 Å². The molecule has 0 fully saturated rings. The van der Waals surface area contributed by atoms with Crippen LogP contribution in [0.1, 0.15) is 66.0 Å². The summed E-state index contributed by atoms with van der Waals surface area (Å²) in [5.74, 6) is 1.72. The van der Waals surface area contributed by atoms with E-state index in [-0.39, 0.29) is 29.2 Å². The molecule has 2 atom stereocenters. The van der Waals surface area contributed by atoms with Crippen LogP contribution < -0.4 is 14.5 Å². The molecule has 0 bridgehead atoms. The molecule has 8 rings (SSSR count). The number of fused-ring (bicyclic) bond motifs is 7. The SMILES string of the molecule is COCCOc1ccc2[nH]c(C(=O)N3CC(CCl)c4c3cc(O)c3oc(C)nc43)cc2c1.Cc1nc2c3c(cc(O)c2o1)N(C(=O)OC(C)(C)C)CC3CCl. The van der Waals surface area contributed by atoms with Crippen LogP contribution >= 0.6 is 23.2 Å². The molecule has 2 aliphatic rings. The number of benzene rings is 3. The largest absolute Gasteiger partial charge is 0.504 e. The van der Waals surface area contributed by atoms with E-state index in [2.05, 4.69) is 15.0 Å². The highest BCUT2D eigenvalue weighted by Crippen LogP contribution is 2.47. The third-order valence-electron chi connectivity index (χ3n) is 9.36. The number of nitrogens with zero attached hydrogens (tertiary/aromatic N) is 4. The number of anilines is 2. The third-order valence-corrected chi connectivity index (χ3v) is 10.1. The Morgan fingerprint density at radius 2 is 1.44 bits per heavy atom. The van der Waals surface area contributed by atoms with Crippen LogP contribution in [-0.2, 0) is 9.47 Å². The first-order valence-corrected chi connectivity index (χ1v) is 18.7. The zero-order valence-corrected chi connectivity index (χ0v) is 32.7. The summed E-state index contributed by atoms with van der Waals surface area (Å²) in [5.41, 5.74) is 5.20. The summed E-state index contributed by atoms with van der Waals surface area (Å²) in [5, 5.41) is 21.5. The number of phenolic OH excluding ortho intramolecular Hbond substituents is 2. The fraction of sp³-hybridized carbons (Fsp3) is 0.385. The second-order valence-electron chi connectivity index (χ2n) is 14.5. The van der Waals surface area contributed by atoms with Gasteiger partial charge >= 0.3 is 6.09 Å². The molecule has 2 amide bonds. The number of ether oxygens (including phenoxy) is 3. The van der Waals surface area contributed by atoms with Crippen LogP contribution in [0, 0.1) is 13.8 Å². The number of aromatic amines is 1. The first kappa shape index (κ1) is 38.1. The minimum Gasteiger partial charge on any atom is -0.504 e. The summed E-state index contributed by atoms with van der Waals surface area (Å²) in [7, 11) is 1.62. The Kier molecular flexibility index (Phi) is 10.3. The van der Waals surface area contributed by atoms with Gasteiger partial charge < -0.3 is 43.1 Å². The Labute approximate surface area is 325 Å². The highest BCUT2D eigenvalue weighted by atomic mass is 35.5. The normalized spacial score (nSPS) is 16.4. The molecule has 2 unspecified atom stereocenters. The molecule has 0 saturated carbocycles. The zero-order valence-electron chi connectivity index (χ0n) is 31.2. The van der Waals surface area contributed by atoms with Crippen molar-refractivity contribution in [2.24, 2.45) is 0 Å². The van der Waals surface area contributed by atoms with Crippen molar-refractivity contribution in [3.05, 3.63) is 65.0 Å². The maximum Gasteiger partial charge on any atom is 0.414 e. The number of carbonyl (C=O) groups excluding carboxylic acids is 2. The van der Waals surface area contributed by atoms with Crippen molar-refractivity contribution in [1.29, 1.82) is 0 Å². The Hall–Kier alpha value is -5.18. The van der Waals surface area contributed by atoms with Gasteiger partial charge in [0.2, 0.25) is 0 Å². The van der Waals surface area contributed by atoms with Gasteiger partial charge in [-0.3, -0.25) is 9.69 Å². The molecule has 2 aliphatic heterocycles. The van der Waals surface area contributed by atoms with Crippen molar-refractivity contribution in [2.45, 2.75) is 52.1 Å². The van der Waals surface area contributed by atoms with Crippen molar-refractivity contribution in [3.63, 3.8) is 0 Å². The number of rotatable bonds is 7. The average Bonchev–Trinajstić information content (AvgIpc) is 3.95. The van der Waals surface area contributed by atoms with Crippen LogP contribution in [-0.4, -0.2) is 87.9 Å². The van der Waals surface area contributed by atoms with Crippen molar-refractivity contribution in [2.75, 3.05) is 55.0 Å². The Balaban J connectivity index is 0.000000179. The molecule has 0 radical (unpaired) electrons. The number of oxazole rings is 2. The fourth-order valence-electron chi connectivity index (χ4n) is 7.06. The number of alkyl halides is 2. The Morgan fingerprint density at radius 3 is 1.98 bits per heavy atom. The van der Waals surface area contributed by atoms with E-state index in [0.29, 0.717) is 94.9 Å². The van der Waals surface area contributed by atoms with Gasteiger partial charge in [-0.2, -0.15) is 0 Å². The van der Waals surface area contributed by atoms with Gasteiger partial charge in [0.15, 0.2) is 34.4 Å². The van der Waals surface area contributed by atoms with E-state index >= 15 is 0 Å². The molecule has 3 N–H and O–H groups in total. The average molecular weight is 795 g/mol. The lowest BCUT2D eigenvalue weighted by molar-refractivity contribution is 0.0582. The van der Waals surface area contributed by atoms with Gasteiger partial charge in [0.25, 0.3) is 5.91 Å². The van der Waals surface area contributed by atoms with E-state index in [0.717, 1.165) is 22.0 Å². The lowest BCUT2D eigenvalue weighted by Gasteiger charge is -2.25. The van der Waals surface area contributed by atoms with Gasteiger partial charge in [0.1, 0.15) is 34.7 Å². The summed E-state index contributed by atoms with van der Waals surface area (Å²) in [6.45, 7) is 10.6. The molecule has 3 aromatic heterocycles. The number of nitrogens with one attached hydrogen (secondary N) is 1. The van der Waals surface area contributed by atoms with Gasteiger partial charge in [0.05, 0.1) is 18.0 Å². The lowest BCUT2D eigenvalue weighted by atomic mass is 10.0. The molecule has 14 nitrogen and oxygen atoms in total. The van der Waals surface area contributed by atoms with Crippen molar-refractivity contribution < 1.29 is 42.8 Å². The maximum absolute atomic E-state index is 13.5. The number of aryl methyl sites for hydroxylation is 2. The molecule has 0 spiro atoms. The van der Waals surface area contributed by atoms with Crippen LogP contribution in [0.5, 0.6) is 17.2 Å². The van der Waals surface area contributed by atoms with E-state index in [9.17, 15) is 19.8 Å². The zero-order chi connectivity index (χ0) is 39.3. The van der Waals surface area contributed by atoms with Crippen LogP contribution in [0.4, 0.5) is 16.2 Å². The molecule has 0 aliphatic carbocycles. The van der Waals surface area contributed by atoms with Crippen molar-refractivity contribution in [3.8, 4) is 17.2 Å². The van der Waals surface area contributed by atoms with Crippen LogP contribution in [0.2, 0.25) is 0 Å². The minimum absolute atomic E-state index is 0.0527. The number of aromatic nitrogens is 3. The summed E-state index contributed by atoms with van der Waals surface area (Å²) < 4.78 is 27.1. The summed E-state index contributed by atoms with van der Waals surface area (Å²) in [4.78, 5) is 41.0. The minimum atomic E-state index is -0.604. The number of hydrogen-bond donors (Lipinski definition) is 3. The summed E-state index contributed by atoms with van der Waals surface area (Å²) in [6.07, 6.45) is -0.467. The molecule has 16 heteroatoms. The second-order valence-corrected chi connectivity index (χ2v) is 15.1. The van der Waals surface area contributed by atoms with Crippen molar-refractivity contribution in [1.82, 2.24) is 15.0 Å². The number of halogens is 2. The second kappa shape index (κ2) is 14.8. The van der Waals surface area contributed by atoms with Crippen molar-refractivity contribution >= 4 is 79.7 Å². The van der Waals surface area contributed by atoms with E-state index in [1.54, 1.807) is 38.0 Å². The maximum atomic E-state index is 13.5. The van der Waals surface area contributed by atoms with Gasteiger partial charge in [-0.05, 0) is 45.0 Å². The molecule has 55 heavy (non-hydrogen) atoms. The summed E-state index contributed by atoms with van der Waals surface area (Å²) in [6, 6.07) is 10.5. The fourth-order valence-corrected chi connectivity index (χ4v) is 7.57. The number of hydrogen-bond acceptors (Lipinski definition) is 11. The number of H-pyrrole nitrogens is 1. The van der Waals surface area contributed by atoms with E-state index in [4.69, 9.17) is 46.2 Å². The first-order valence-electron chi connectivity index (χ1n) is 17.7. The summed E-state index contributed by atoms with van der Waals surface area (Å²) >= 11 is 12.3. The molecule has 290 valence electrons. The Bertz CT molecular complexity index is 2430. The standard InChI is InChI=1S/C23H22ClN3O5.C16H19ClN2O4/c1-12-25-21-20-14(10-24)11-27(18(20)9-19(28)22(21)32-12)23(29)17-8-13-7-15(31-6-5-30-2)3-4-16(13)26-17;1-8-18-13-12-9(6-17)7-19(15(21)23-16(2,3)4)10(12)5-11(20)14(13)22-8/h3-4,7-9,14,26,28H,5-6,10-11H2,1-2H3;5,9,20H,6-7H2,1-4H3. The number of aromatic hydroxyl groups is 2. The van der Waals surface area contributed by atoms with Gasteiger partial charge in [0, 0.05) is 91.8 Å². The monoisotopic (exact) mass is 793 g/mol. The molecular weight excluding hydrogens is 753 g/mol. The number of amides is 2. The van der Waals surface area contributed by atoms with Gasteiger partial charge in [-0.15, -0.1) is 23.2 Å². The molecular formula is C39H41Cl2N5O9. The lowest BCUT2D eigenvalue weighted by Crippen LogP contribution is -2.36. The topological polar surface area (TPSA) is 177 Å². The number of carbonyl (C=O) groups is 2. The first-order chi connectivity index (χ1) is 26.2. The van der Waals surface area contributed by atoms with E-state index < -0.39 is 11.7 Å². The predicted octanol–water partition coefficient (Wildman–Crippen LogP) is 8.25. The Morgan fingerprint density at radius 1 is 0.873 bits per heavy atom.